The lowest BCUT2D eigenvalue weighted by Crippen LogP contribution is -2.28. The summed E-state index contributed by atoms with van der Waals surface area (Å²) < 4.78 is 48.1. The Labute approximate surface area is 155 Å². The Bertz CT molecular complexity index is 828. The molecule has 2 aromatic rings. The number of alkyl halides is 2. The first-order valence-corrected chi connectivity index (χ1v) is 8.51. The molecule has 2 unspecified atom stereocenters. The van der Waals surface area contributed by atoms with Crippen molar-refractivity contribution in [1.82, 2.24) is 4.90 Å². The van der Waals surface area contributed by atoms with Gasteiger partial charge >= 0.3 is 6.61 Å². The largest absolute Gasteiger partial charge is 0.493 e. The third-order valence-electron chi connectivity index (χ3n) is 4.65. The number of carbonyl (C=O) groups excluding carboxylic acids is 1. The Morgan fingerprint density at radius 3 is 2.63 bits per heavy atom. The number of methoxy groups -OCH3 is 1. The second kappa shape index (κ2) is 7.90. The van der Waals surface area contributed by atoms with Gasteiger partial charge in [-0.1, -0.05) is 24.3 Å². The summed E-state index contributed by atoms with van der Waals surface area (Å²) in [7, 11) is 3.02. The number of halogens is 3. The number of hydrogen-bond acceptors (Lipinski definition) is 3. The smallest absolute Gasteiger partial charge is 0.387 e. The summed E-state index contributed by atoms with van der Waals surface area (Å²) in [6.07, 6.45) is 0.620. The van der Waals surface area contributed by atoms with Crippen molar-refractivity contribution in [2.75, 3.05) is 14.2 Å². The molecule has 1 aliphatic rings. The normalized spacial score (nSPS) is 18.3. The molecule has 2 atom stereocenters. The molecule has 1 saturated carbocycles. The molecule has 4 nitrogen and oxygen atoms in total. The third kappa shape index (κ3) is 4.35. The van der Waals surface area contributed by atoms with Crippen LogP contribution in [0.3, 0.4) is 0 Å². The van der Waals surface area contributed by atoms with Crippen LogP contribution in [0.25, 0.3) is 0 Å². The molecular weight excluding hydrogens is 359 g/mol. The van der Waals surface area contributed by atoms with E-state index in [1.165, 1.54) is 19.2 Å². The van der Waals surface area contributed by atoms with Crippen LogP contribution in [0, 0.1) is 11.7 Å². The standard InChI is InChI=1S/C20H20F3NO3/c1-24(11-12-7-8-17(27-20(22)23)18(9-12)26-2)19(25)15-10-14(15)13-5-3-4-6-16(13)21/h3-9,14-15,20H,10-11H2,1-2H3. The molecule has 3 rings (SSSR count). The summed E-state index contributed by atoms with van der Waals surface area (Å²) >= 11 is 0. The second-order valence-electron chi connectivity index (χ2n) is 6.53. The van der Waals surface area contributed by atoms with E-state index in [9.17, 15) is 18.0 Å². The van der Waals surface area contributed by atoms with Gasteiger partial charge in [-0.3, -0.25) is 4.79 Å². The highest BCUT2D eigenvalue weighted by Gasteiger charge is 2.46. The van der Waals surface area contributed by atoms with Gasteiger partial charge in [-0.15, -0.1) is 0 Å². The minimum Gasteiger partial charge on any atom is -0.493 e. The molecule has 0 saturated heterocycles. The van der Waals surface area contributed by atoms with Crippen LogP contribution in [0.15, 0.2) is 42.5 Å². The van der Waals surface area contributed by atoms with Gasteiger partial charge < -0.3 is 14.4 Å². The zero-order valence-corrected chi connectivity index (χ0v) is 15.0. The molecule has 1 aliphatic carbocycles. The van der Waals surface area contributed by atoms with E-state index in [1.54, 1.807) is 42.3 Å². The van der Waals surface area contributed by atoms with E-state index in [1.807, 2.05) is 0 Å². The third-order valence-corrected chi connectivity index (χ3v) is 4.65. The SMILES string of the molecule is COc1cc(CN(C)C(=O)C2CC2c2ccccc2F)ccc1OC(F)F. The van der Waals surface area contributed by atoms with Gasteiger partial charge in [0, 0.05) is 19.5 Å². The lowest BCUT2D eigenvalue weighted by molar-refractivity contribution is -0.131. The fraction of sp³-hybridized carbons (Fsp3) is 0.350. The van der Waals surface area contributed by atoms with Gasteiger partial charge in [-0.2, -0.15) is 8.78 Å². The maximum atomic E-state index is 13.9. The van der Waals surface area contributed by atoms with Gasteiger partial charge in [0.15, 0.2) is 11.5 Å². The van der Waals surface area contributed by atoms with E-state index in [0.717, 1.165) is 0 Å². The van der Waals surface area contributed by atoms with Gasteiger partial charge in [-0.05, 0) is 41.7 Å². The Morgan fingerprint density at radius 2 is 1.96 bits per heavy atom. The van der Waals surface area contributed by atoms with Crippen molar-refractivity contribution in [3.05, 3.63) is 59.4 Å². The molecule has 1 amide bonds. The first-order valence-electron chi connectivity index (χ1n) is 8.51. The number of hydrogen-bond donors (Lipinski definition) is 0. The maximum absolute atomic E-state index is 13.9. The van der Waals surface area contributed by atoms with Crippen molar-refractivity contribution in [1.29, 1.82) is 0 Å². The van der Waals surface area contributed by atoms with Crippen LogP contribution in [0.2, 0.25) is 0 Å². The van der Waals surface area contributed by atoms with Crippen LogP contribution < -0.4 is 9.47 Å². The van der Waals surface area contributed by atoms with Gasteiger partial charge in [0.25, 0.3) is 0 Å². The van der Waals surface area contributed by atoms with Crippen molar-refractivity contribution < 1.29 is 27.4 Å². The molecular formula is C20H20F3NO3. The van der Waals surface area contributed by atoms with Crippen molar-refractivity contribution in [3.8, 4) is 11.5 Å². The van der Waals surface area contributed by atoms with E-state index in [-0.39, 0.29) is 41.6 Å². The number of carbonyl (C=O) groups is 1. The number of nitrogens with zero attached hydrogens (tertiary/aromatic N) is 1. The number of rotatable bonds is 7. The topological polar surface area (TPSA) is 38.8 Å². The van der Waals surface area contributed by atoms with Crippen LogP contribution in [-0.2, 0) is 11.3 Å². The molecule has 0 spiro atoms. The average molecular weight is 379 g/mol. The highest BCUT2D eigenvalue weighted by molar-refractivity contribution is 5.82. The van der Waals surface area contributed by atoms with Crippen molar-refractivity contribution in [3.63, 3.8) is 0 Å². The van der Waals surface area contributed by atoms with E-state index < -0.39 is 6.61 Å². The zero-order valence-electron chi connectivity index (χ0n) is 15.0. The Kier molecular flexibility index (Phi) is 5.58. The highest BCUT2D eigenvalue weighted by atomic mass is 19.3. The van der Waals surface area contributed by atoms with E-state index >= 15 is 0 Å². The molecule has 2 aromatic carbocycles. The molecule has 144 valence electrons. The van der Waals surface area contributed by atoms with E-state index in [4.69, 9.17) is 4.74 Å². The lowest BCUT2D eigenvalue weighted by atomic mass is 10.1. The average Bonchev–Trinajstić information content (AvgIpc) is 3.42. The Hall–Kier alpha value is -2.70. The summed E-state index contributed by atoms with van der Waals surface area (Å²) in [5.41, 5.74) is 1.28. The van der Waals surface area contributed by atoms with Crippen molar-refractivity contribution >= 4 is 5.91 Å². The van der Waals surface area contributed by atoms with Crippen LogP contribution >= 0.6 is 0 Å². The summed E-state index contributed by atoms with van der Waals surface area (Å²) in [6.45, 7) is -2.66. The lowest BCUT2D eigenvalue weighted by Gasteiger charge is -2.19. The predicted molar refractivity (Wildman–Crippen MR) is 93.3 cm³/mol. The van der Waals surface area contributed by atoms with Gasteiger partial charge in [0.2, 0.25) is 5.91 Å². The summed E-state index contributed by atoms with van der Waals surface area (Å²) in [5.74, 6) is -0.598. The fourth-order valence-corrected chi connectivity index (χ4v) is 3.23. The van der Waals surface area contributed by atoms with Crippen LogP contribution in [0.1, 0.15) is 23.5 Å². The van der Waals surface area contributed by atoms with Crippen LogP contribution in [-0.4, -0.2) is 31.6 Å². The van der Waals surface area contributed by atoms with E-state index in [2.05, 4.69) is 4.74 Å². The van der Waals surface area contributed by atoms with Crippen LogP contribution in [0.4, 0.5) is 13.2 Å². The summed E-state index contributed by atoms with van der Waals surface area (Å²) in [4.78, 5) is 14.2. The minimum absolute atomic E-state index is 0.0629. The van der Waals surface area contributed by atoms with Crippen molar-refractivity contribution in [2.24, 2.45) is 5.92 Å². The maximum Gasteiger partial charge on any atom is 0.387 e. The molecule has 27 heavy (non-hydrogen) atoms. The fourth-order valence-electron chi connectivity index (χ4n) is 3.23. The first kappa shape index (κ1) is 19.1. The zero-order chi connectivity index (χ0) is 19.6. The van der Waals surface area contributed by atoms with Gasteiger partial charge in [0.1, 0.15) is 5.82 Å². The Balaban J connectivity index is 1.64. The second-order valence-corrected chi connectivity index (χ2v) is 6.53. The first-order chi connectivity index (χ1) is 12.9. The molecule has 0 N–H and O–H groups in total. The minimum atomic E-state index is -2.95. The number of amides is 1. The molecule has 0 heterocycles. The predicted octanol–water partition coefficient (Wildman–Crippen LogP) is 4.20. The molecule has 1 fully saturated rings. The van der Waals surface area contributed by atoms with E-state index in [0.29, 0.717) is 17.5 Å². The molecule has 0 radical (unpaired) electrons. The molecule has 0 aromatic heterocycles. The number of benzene rings is 2. The quantitative estimate of drug-likeness (QED) is 0.724. The number of ether oxygens (including phenoxy) is 2. The van der Waals surface area contributed by atoms with Gasteiger partial charge in [0.05, 0.1) is 7.11 Å². The monoisotopic (exact) mass is 379 g/mol. The van der Waals surface area contributed by atoms with Crippen molar-refractivity contribution in [2.45, 2.75) is 25.5 Å². The summed E-state index contributed by atoms with van der Waals surface area (Å²) in [5, 5.41) is 0. The van der Waals surface area contributed by atoms with Crippen LogP contribution in [0.5, 0.6) is 11.5 Å². The Morgan fingerprint density at radius 1 is 1.22 bits per heavy atom. The molecule has 0 bridgehead atoms. The molecule has 7 heteroatoms. The van der Waals surface area contributed by atoms with Gasteiger partial charge in [-0.25, -0.2) is 4.39 Å². The molecule has 0 aliphatic heterocycles. The summed E-state index contributed by atoms with van der Waals surface area (Å²) in [6, 6.07) is 11.0. The highest BCUT2D eigenvalue weighted by Crippen LogP contribution is 2.49.